The fourth-order valence-corrected chi connectivity index (χ4v) is 10.8. The quantitative estimate of drug-likeness (QED) is 0.443. The summed E-state index contributed by atoms with van der Waals surface area (Å²) in [6.07, 6.45) is 9.27. The Labute approximate surface area is 201 Å². The first-order valence-corrected chi connectivity index (χ1v) is 13.6. The number of allylic oxidation sites excluding steroid dienone is 1. The van der Waals surface area contributed by atoms with E-state index in [4.69, 9.17) is 0 Å². The molecule has 3 N–H and O–H groups in total. The Balaban J connectivity index is 1.43. The Kier molecular flexibility index (Phi) is 5.25. The van der Waals surface area contributed by atoms with Gasteiger partial charge in [0.25, 0.3) is 0 Å². The molecule has 186 valence electrons. The molecular formula is C30H48O3. The zero-order chi connectivity index (χ0) is 24.2. The Hall–Kier alpha value is -0.640. The molecule has 0 saturated heterocycles. The van der Waals surface area contributed by atoms with Gasteiger partial charge in [-0.1, -0.05) is 39.8 Å². The van der Waals surface area contributed by atoms with E-state index in [-0.39, 0.29) is 21.7 Å². The van der Waals surface area contributed by atoms with Gasteiger partial charge in [0.15, 0.2) is 0 Å². The minimum atomic E-state index is -0.605. The number of hydrogen-bond acceptors (Lipinski definition) is 3. The molecule has 5 aliphatic rings. The van der Waals surface area contributed by atoms with Crippen LogP contribution in [-0.2, 0) is 0 Å². The van der Waals surface area contributed by atoms with Crippen LogP contribution in [0.4, 0.5) is 0 Å². The molecule has 0 aromatic rings. The highest BCUT2D eigenvalue weighted by atomic mass is 16.3. The van der Waals surface area contributed by atoms with Crippen molar-refractivity contribution in [2.45, 2.75) is 117 Å². The Bertz CT molecular complexity index is 861. The van der Waals surface area contributed by atoms with Crippen LogP contribution in [0.25, 0.3) is 0 Å². The third-order valence-corrected chi connectivity index (χ3v) is 12.8. The minimum absolute atomic E-state index is 0.184. The van der Waals surface area contributed by atoms with E-state index in [0.29, 0.717) is 23.2 Å². The lowest BCUT2D eigenvalue weighted by molar-refractivity contribution is -0.189. The Morgan fingerprint density at radius 1 is 0.909 bits per heavy atom. The second-order valence-electron chi connectivity index (χ2n) is 14.2. The summed E-state index contributed by atoms with van der Waals surface area (Å²) in [7, 11) is 0. The normalized spacial score (nSPS) is 52.7. The van der Waals surface area contributed by atoms with E-state index in [0.717, 1.165) is 36.8 Å². The van der Waals surface area contributed by atoms with Crippen LogP contribution in [0.15, 0.2) is 24.3 Å². The molecule has 0 radical (unpaired) electrons. The monoisotopic (exact) mass is 456 g/mol. The van der Waals surface area contributed by atoms with Crippen molar-refractivity contribution < 1.29 is 15.3 Å². The van der Waals surface area contributed by atoms with Crippen molar-refractivity contribution in [2.24, 2.45) is 44.8 Å². The van der Waals surface area contributed by atoms with Gasteiger partial charge in [0, 0.05) is 0 Å². The van der Waals surface area contributed by atoms with Gasteiger partial charge in [0.2, 0.25) is 0 Å². The molecule has 0 aromatic carbocycles. The summed E-state index contributed by atoms with van der Waals surface area (Å²) in [5, 5.41) is 32.7. The van der Waals surface area contributed by atoms with E-state index in [1.54, 1.807) is 0 Å². The van der Waals surface area contributed by atoms with Gasteiger partial charge in [-0.3, -0.25) is 0 Å². The molecule has 5 saturated carbocycles. The molecule has 0 amide bonds. The smallest absolute Gasteiger partial charge is 0.0852 e. The van der Waals surface area contributed by atoms with Gasteiger partial charge in [0.1, 0.15) is 0 Å². The van der Waals surface area contributed by atoms with Crippen molar-refractivity contribution in [3.8, 4) is 0 Å². The number of aliphatic hydroxyl groups is 3. The van der Waals surface area contributed by atoms with Crippen molar-refractivity contribution in [3.63, 3.8) is 0 Å². The Morgan fingerprint density at radius 2 is 1.58 bits per heavy atom. The summed E-state index contributed by atoms with van der Waals surface area (Å²) in [6.45, 7) is 20.0. The van der Waals surface area contributed by atoms with Crippen LogP contribution in [0.5, 0.6) is 0 Å². The van der Waals surface area contributed by atoms with Crippen LogP contribution in [0, 0.1) is 44.8 Å². The lowest BCUT2D eigenvalue weighted by Crippen LogP contribution is -2.60. The van der Waals surface area contributed by atoms with Crippen LogP contribution in [-0.4, -0.2) is 33.6 Å². The molecule has 10 atom stereocenters. The fourth-order valence-electron chi connectivity index (χ4n) is 10.8. The molecule has 0 aliphatic heterocycles. The van der Waals surface area contributed by atoms with Gasteiger partial charge in [-0.15, -0.1) is 6.58 Å². The van der Waals surface area contributed by atoms with E-state index in [9.17, 15) is 15.3 Å². The van der Waals surface area contributed by atoms with E-state index >= 15 is 0 Å². The number of rotatable bonds is 5. The van der Waals surface area contributed by atoms with Gasteiger partial charge in [-0.05, 0) is 122 Å². The highest BCUT2D eigenvalue weighted by molar-refractivity contribution is 5.33. The van der Waals surface area contributed by atoms with Crippen LogP contribution >= 0.6 is 0 Å². The highest BCUT2D eigenvalue weighted by Gasteiger charge is 2.83. The van der Waals surface area contributed by atoms with Crippen LogP contribution in [0.1, 0.15) is 98.8 Å². The molecule has 3 heteroatoms. The molecule has 5 fully saturated rings. The third kappa shape index (κ3) is 2.85. The molecule has 10 unspecified atom stereocenters. The average Bonchev–Trinajstić information content (AvgIpc) is 3.31. The van der Waals surface area contributed by atoms with Crippen LogP contribution in [0.3, 0.4) is 0 Å². The van der Waals surface area contributed by atoms with E-state index in [1.807, 2.05) is 6.92 Å². The molecule has 5 aliphatic carbocycles. The van der Waals surface area contributed by atoms with Crippen LogP contribution < -0.4 is 0 Å². The van der Waals surface area contributed by atoms with Crippen molar-refractivity contribution in [1.29, 1.82) is 0 Å². The van der Waals surface area contributed by atoms with Gasteiger partial charge in [0.05, 0.1) is 18.3 Å². The maximum atomic E-state index is 11.0. The third-order valence-electron chi connectivity index (χ3n) is 12.8. The fraction of sp³-hybridized carbons (Fsp3) is 0.867. The molecule has 33 heavy (non-hydrogen) atoms. The second-order valence-corrected chi connectivity index (χ2v) is 14.2. The van der Waals surface area contributed by atoms with Crippen molar-refractivity contribution >= 4 is 0 Å². The molecule has 2 spiro atoms. The molecular weight excluding hydrogens is 408 g/mol. The highest BCUT2D eigenvalue weighted by Crippen LogP contribution is 2.89. The summed E-state index contributed by atoms with van der Waals surface area (Å²) < 4.78 is 0. The second kappa shape index (κ2) is 7.20. The maximum Gasteiger partial charge on any atom is 0.0852 e. The first-order valence-electron chi connectivity index (χ1n) is 13.6. The number of fused-ring (bicyclic) bond motifs is 2. The van der Waals surface area contributed by atoms with E-state index < -0.39 is 18.3 Å². The van der Waals surface area contributed by atoms with Crippen molar-refractivity contribution in [1.82, 2.24) is 0 Å². The molecule has 0 aromatic heterocycles. The average molecular weight is 457 g/mol. The lowest BCUT2D eigenvalue weighted by atomic mass is 9.41. The summed E-state index contributed by atoms with van der Waals surface area (Å²) >= 11 is 0. The molecule has 3 nitrogen and oxygen atoms in total. The maximum absolute atomic E-state index is 11.0. The van der Waals surface area contributed by atoms with Crippen LogP contribution in [0.2, 0.25) is 0 Å². The van der Waals surface area contributed by atoms with E-state index in [2.05, 4.69) is 40.9 Å². The lowest BCUT2D eigenvalue weighted by Gasteiger charge is -2.63. The predicted octanol–water partition coefficient (Wildman–Crippen LogP) is 6.03. The SMILES string of the molecule is C=C(C)CCC(O)C(=C)C1CCC2(C)C3CCC4C(C)(C)C(O)C(O)CC45CC35CCC12C. The predicted molar refractivity (Wildman–Crippen MR) is 133 cm³/mol. The largest absolute Gasteiger partial charge is 0.390 e. The summed E-state index contributed by atoms with van der Waals surface area (Å²) in [5.41, 5.74) is 2.98. The molecule has 0 bridgehead atoms. The minimum Gasteiger partial charge on any atom is -0.390 e. The van der Waals surface area contributed by atoms with Gasteiger partial charge < -0.3 is 15.3 Å². The standard InChI is InChI=1S/C30H48O3/c1-18(2)8-9-21(31)19(3)20-12-13-28(7)24-11-10-23-26(4,5)25(33)22(32)16-30(23)17-29(24,30)15-14-27(20,28)6/h20-25,31-33H,1,3,8-17H2,2,4-7H3. The van der Waals surface area contributed by atoms with Gasteiger partial charge in [-0.25, -0.2) is 0 Å². The molecule has 0 heterocycles. The van der Waals surface area contributed by atoms with Crippen molar-refractivity contribution in [2.75, 3.05) is 0 Å². The van der Waals surface area contributed by atoms with E-state index in [1.165, 1.54) is 38.5 Å². The first kappa shape index (κ1) is 24.1. The topological polar surface area (TPSA) is 60.7 Å². The first-order chi connectivity index (χ1) is 15.3. The zero-order valence-electron chi connectivity index (χ0n) is 21.8. The summed E-state index contributed by atoms with van der Waals surface area (Å²) in [5.74, 6) is 1.59. The summed E-state index contributed by atoms with van der Waals surface area (Å²) in [4.78, 5) is 0. The van der Waals surface area contributed by atoms with Crippen molar-refractivity contribution in [3.05, 3.63) is 24.3 Å². The zero-order valence-corrected chi connectivity index (χ0v) is 21.8. The number of aliphatic hydroxyl groups excluding tert-OH is 3. The van der Waals surface area contributed by atoms with Gasteiger partial charge in [-0.2, -0.15) is 0 Å². The Morgan fingerprint density at radius 3 is 2.24 bits per heavy atom. The van der Waals surface area contributed by atoms with Gasteiger partial charge >= 0.3 is 0 Å². The number of hydrogen-bond donors (Lipinski definition) is 3. The summed E-state index contributed by atoms with van der Waals surface area (Å²) in [6, 6.07) is 0. The molecule has 5 rings (SSSR count).